The van der Waals surface area contributed by atoms with Crippen molar-refractivity contribution < 1.29 is 0 Å². The Labute approximate surface area is 97.3 Å². The summed E-state index contributed by atoms with van der Waals surface area (Å²) in [5.74, 6) is 0. The van der Waals surface area contributed by atoms with E-state index < -0.39 is 0 Å². The van der Waals surface area contributed by atoms with E-state index in [2.05, 4.69) is 62.9 Å². The van der Waals surface area contributed by atoms with Gasteiger partial charge < -0.3 is 0 Å². The summed E-state index contributed by atoms with van der Waals surface area (Å²) in [6.45, 7) is 8.17. The minimum Gasteiger partial charge on any atom is -0.0984 e. The van der Waals surface area contributed by atoms with E-state index in [9.17, 15) is 0 Å². The van der Waals surface area contributed by atoms with Crippen LogP contribution in [0.3, 0.4) is 0 Å². The van der Waals surface area contributed by atoms with Crippen LogP contribution in [-0.2, 0) is 0 Å². The molecule has 2 aromatic rings. The summed E-state index contributed by atoms with van der Waals surface area (Å²) >= 11 is 0. The summed E-state index contributed by atoms with van der Waals surface area (Å²) in [6, 6.07) is 14.8. The highest BCUT2D eigenvalue weighted by Gasteiger charge is 2.06. The van der Waals surface area contributed by atoms with E-state index >= 15 is 0 Å². The zero-order valence-corrected chi connectivity index (χ0v) is 9.83. The number of hydrogen-bond donors (Lipinski definition) is 0. The normalized spacial score (nSPS) is 10.1. The van der Waals surface area contributed by atoms with Gasteiger partial charge in [0.2, 0.25) is 0 Å². The second-order valence-corrected chi connectivity index (χ2v) is 4.06. The molecule has 0 N–H and O–H groups in total. The SMILES string of the molecule is C=Cc1c(C)cccc1-c1ccccc1C. The van der Waals surface area contributed by atoms with Gasteiger partial charge in [0, 0.05) is 0 Å². The predicted molar refractivity (Wildman–Crippen MR) is 71.4 cm³/mol. The highest BCUT2D eigenvalue weighted by molar-refractivity contribution is 5.78. The fourth-order valence-corrected chi connectivity index (χ4v) is 2.06. The number of hydrogen-bond acceptors (Lipinski definition) is 0. The molecule has 0 unspecified atom stereocenters. The molecule has 0 heteroatoms. The zero-order chi connectivity index (χ0) is 11.5. The lowest BCUT2D eigenvalue weighted by Crippen LogP contribution is -1.89. The molecule has 0 fully saturated rings. The maximum Gasteiger partial charge on any atom is -0.0106 e. The molecule has 0 heterocycles. The molecule has 80 valence electrons. The second-order valence-electron chi connectivity index (χ2n) is 4.06. The van der Waals surface area contributed by atoms with Crippen LogP contribution in [0.1, 0.15) is 16.7 Å². The van der Waals surface area contributed by atoms with Gasteiger partial charge in [-0.15, -0.1) is 0 Å². The Morgan fingerprint density at radius 1 is 0.812 bits per heavy atom. The van der Waals surface area contributed by atoms with Crippen LogP contribution >= 0.6 is 0 Å². The van der Waals surface area contributed by atoms with Gasteiger partial charge in [-0.1, -0.05) is 55.1 Å². The van der Waals surface area contributed by atoms with E-state index in [4.69, 9.17) is 0 Å². The van der Waals surface area contributed by atoms with Crippen molar-refractivity contribution in [2.24, 2.45) is 0 Å². The van der Waals surface area contributed by atoms with Gasteiger partial charge in [-0.2, -0.15) is 0 Å². The van der Waals surface area contributed by atoms with Crippen LogP contribution in [0.15, 0.2) is 49.0 Å². The standard InChI is InChI=1S/C16H16/c1-4-14-12(2)9-7-11-16(14)15-10-6-5-8-13(15)3/h4-11H,1H2,2-3H3. The molecule has 0 aliphatic carbocycles. The molecule has 0 nitrogen and oxygen atoms in total. The summed E-state index contributed by atoms with van der Waals surface area (Å²) in [5, 5.41) is 0. The molecular weight excluding hydrogens is 192 g/mol. The topological polar surface area (TPSA) is 0 Å². The Balaban J connectivity index is 2.69. The van der Waals surface area contributed by atoms with Crippen LogP contribution in [0.25, 0.3) is 17.2 Å². The van der Waals surface area contributed by atoms with Gasteiger partial charge in [0.1, 0.15) is 0 Å². The fraction of sp³-hybridized carbons (Fsp3) is 0.125. The van der Waals surface area contributed by atoms with Crippen molar-refractivity contribution in [1.82, 2.24) is 0 Å². The maximum absolute atomic E-state index is 3.91. The Morgan fingerprint density at radius 2 is 1.44 bits per heavy atom. The van der Waals surface area contributed by atoms with Crippen molar-refractivity contribution >= 4 is 6.08 Å². The van der Waals surface area contributed by atoms with Crippen LogP contribution in [0.4, 0.5) is 0 Å². The third kappa shape index (κ3) is 1.79. The first-order valence-corrected chi connectivity index (χ1v) is 5.52. The van der Waals surface area contributed by atoms with Crippen molar-refractivity contribution in [2.45, 2.75) is 13.8 Å². The fourth-order valence-electron chi connectivity index (χ4n) is 2.06. The van der Waals surface area contributed by atoms with E-state index in [1.807, 2.05) is 6.08 Å². The van der Waals surface area contributed by atoms with E-state index in [1.54, 1.807) is 0 Å². The van der Waals surface area contributed by atoms with E-state index in [0.717, 1.165) is 0 Å². The summed E-state index contributed by atoms with van der Waals surface area (Å²) < 4.78 is 0. The molecule has 0 aliphatic heterocycles. The highest BCUT2D eigenvalue weighted by atomic mass is 14.1. The molecular formula is C16H16. The Bertz CT molecular complexity index is 521. The van der Waals surface area contributed by atoms with Crippen molar-refractivity contribution in [3.05, 3.63) is 65.7 Å². The average Bonchev–Trinajstić information content (AvgIpc) is 2.29. The molecule has 16 heavy (non-hydrogen) atoms. The van der Waals surface area contributed by atoms with Crippen molar-refractivity contribution in [2.75, 3.05) is 0 Å². The van der Waals surface area contributed by atoms with E-state index in [1.165, 1.54) is 27.8 Å². The van der Waals surface area contributed by atoms with Gasteiger partial charge in [-0.3, -0.25) is 0 Å². The predicted octanol–water partition coefficient (Wildman–Crippen LogP) is 4.61. The summed E-state index contributed by atoms with van der Waals surface area (Å²) in [6.07, 6.45) is 1.94. The quantitative estimate of drug-likeness (QED) is 0.676. The number of benzene rings is 2. The number of rotatable bonds is 2. The van der Waals surface area contributed by atoms with Crippen LogP contribution in [-0.4, -0.2) is 0 Å². The van der Waals surface area contributed by atoms with E-state index in [-0.39, 0.29) is 0 Å². The molecule has 0 atom stereocenters. The summed E-state index contributed by atoms with van der Waals surface area (Å²) in [5.41, 5.74) is 6.37. The lowest BCUT2D eigenvalue weighted by molar-refractivity contribution is 1.41. The minimum absolute atomic E-state index is 1.23. The third-order valence-corrected chi connectivity index (χ3v) is 2.96. The smallest absolute Gasteiger partial charge is 0.0106 e. The molecule has 0 radical (unpaired) electrons. The molecule has 2 aromatic carbocycles. The molecule has 0 bridgehead atoms. The molecule has 0 aliphatic rings. The van der Waals surface area contributed by atoms with E-state index in [0.29, 0.717) is 0 Å². The first-order chi connectivity index (χ1) is 7.74. The first-order valence-electron chi connectivity index (χ1n) is 5.52. The lowest BCUT2D eigenvalue weighted by Gasteiger charge is -2.11. The maximum atomic E-state index is 3.91. The van der Waals surface area contributed by atoms with Crippen LogP contribution in [0, 0.1) is 13.8 Å². The van der Waals surface area contributed by atoms with Gasteiger partial charge in [0.05, 0.1) is 0 Å². The third-order valence-electron chi connectivity index (χ3n) is 2.96. The van der Waals surface area contributed by atoms with Crippen LogP contribution < -0.4 is 0 Å². The molecule has 0 amide bonds. The minimum atomic E-state index is 1.23. The molecule has 0 aromatic heterocycles. The van der Waals surface area contributed by atoms with Crippen molar-refractivity contribution in [3.8, 4) is 11.1 Å². The zero-order valence-electron chi connectivity index (χ0n) is 9.83. The molecule has 0 saturated carbocycles. The van der Waals surface area contributed by atoms with Crippen LogP contribution in [0.2, 0.25) is 0 Å². The van der Waals surface area contributed by atoms with Crippen molar-refractivity contribution in [3.63, 3.8) is 0 Å². The first kappa shape index (κ1) is 10.7. The lowest BCUT2D eigenvalue weighted by atomic mass is 9.93. The van der Waals surface area contributed by atoms with Gasteiger partial charge in [-0.25, -0.2) is 0 Å². The summed E-state index contributed by atoms with van der Waals surface area (Å²) in [4.78, 5) is 0. The van der Waals surface area contributed by atoms with Crippen molar-refractivity contribution in [1.29, 1.82) is 0 Å². The molecule has 2 rings (SSSR count). The van der Waals surface area contributed by atoms with Crippen LogP contribution in [0.5, 0.6) is 0 Å². The Hall–Kier alpha value is -1.82. The monoisotopic (exact) mass is 208 g/mol. The molecule has 0 saturated heterocycles. The number of aryl methyl sites for hydroxylation is 2. The van der Waals surface area contributed by atoms with Gasteiger partial charge in [-0.05, 0) is 41.7 Å². The van der Waals surface area contributed by atoms with Gasteiger partial charge >= 0.3 is 0 Å². The highest BCUT2D eigenvalue weighted by Crippen LogP contribution is 2.29. The molecule has 0 spiro atoms. The Morgan fingerprint density at radius 3 is 2.12 bits per heavy atom. The summed E-state index contributed by atoms with van der Waals surface area (Å²) in [7, 11) is 0. The van der Waals surface area contributed by atoms with Gasteiger partial charge in [0.25, 0.3) is 0 Å². The second kappa shape index (κ2) is 4.36. The average molecular weight is 208 g/mol. The largest absolute Gasteiger partial charge is 0.0984 e. The van der Waals surface area contributed by atoms with Gasteiger partial charge in [0.15, 0.2) is 0 Å². The Kier molecular flexibility index (Phi) is 2.91.